The molecule has 0 fully saturated rings. The van der Waals surface area contributed by atoms with Crippen molar-refractivity contribution in [3.8, 4) is 5.69 Å². The van der Waals surface area contributed by atoms with Gasteiger partial charge >= 0.3 is 0 Å². The summed E-state index contributed by atoms with van der Waals surface area (Å²) in [6, 6.07) is 21.3. The summed E-state index contributed by atoms with van der Waals surface area (Å²) in [6.45, 7) is 0.555. The van der Waals surface area contributed by atoms with E-state index >= 15 is 0 Å². The zero-order chi connectivity index (χ0) is 21.0. The average Bonchev–Trinajstić information content (AvgIpc) is 3.25. The Kier molecular flexibility index (Phi) is 5.16. The summed E-state index contributed by atoms with van der Waals surface area (Å²) in [6.07, 6.45) is 5.33. The smallest absolute Gasteiger partial charge is 0.227 e. The molecule has 0 atom stereocenters. The van der Waals surface area contributed by atoms with E-state index in [-0.39, 0.29) is 0 Å². The SMILES string of the molecule is Clc1ccc(Nc2nc(NCc3cccnc3)nc3c2cnn3-c2ccccc2)cc1. The molecule has 7 nitrogen and oxygen atoms in total. The van der Waals surface area contributed by atoms with Gasteiger partial charge in [-0.1, -0.05) is 35.9 Å². The first-order chi connectivity index (χ1) is 15.3. The van der Waals surface area contributed by atoms with Gasteiger partial charge in [-0.2, -0.15) is 15.1 Å². The Morgan fingerprint density at radius 3 is 2.48 bits per heavy atom. The van der Waals surface area contributed by atoms with Crippen molar-refractivity contribution in [3.05, 3.63) is 95.9 Å². The van der Waals surface area contributed by atoms with Gasteiger partial charge in [-0.3, -0.25) is 4.98 Å². The number of fused-ring (bicyclic) bond motifs is 1. The van der Waals surface area contributed by atoms with Crippen LogP contribution in [0.3, 0.4) is 0 Å². The molecule has 0 unspecified atom stereocenters. The molecule has 0 saturated heterocycles. The van der Waals surface area contributed by atoms with Gasteiger partial charge in [0.25, 0.3) is 0 Å². The molecule has 2 aromatic carbocycles. The lowest BCUT2D eigenvalue weighted by atomic mass is 10.3. The summed E-state index contributed by atoms with van der Waals surface area (Å²) in [4.78, 5) is 13.6. The number of hydrogen-bond acceptors (Lipinski definition) is 6. The number of aromatic nitrogens is 5. The molecule has 0 aliphatic rings. The minimum atomic E-state index is 0.491. The van der Waals surface area contributed by atoms with Crippen LogP contribution in [0.2, 0.25) is 5.02 Å². The lowest BCUT2D eigenvalue weighted by Gasteiger charge is -2.11. The number of nitrogens with one attached hydrogen (secondary N) is 2. The quantitative estimate of drug-likeness (QED) is 0.386. The molecule has 0 bridgehead atoms. The molecular weight excluding hydrogens is 410 g/mol. The fraction of sp³-hybridized carbons (Fsp3) is 0.0435. The highest BCUT2D eigenvalue weighted by Crippen LogP contribution is 2.27. The number of rotatable bonds is 6. The number of halogens is 1. The average molecular weight is 428 g/mol. The van der Waals surface area contributed by atoms with Crippen LogP contribution < -0.4 is 10.6 Å². The fourth-order valence-corrected chi connectivity index (χ4v) is 3.32. The van der Waals surface area contributed by atoms with Gasteiger partial charge in [0.2, 0.25) is 5.95 Å². The predicted octanol–water partition coefficient (Wildman–Crippen LogP) is 5.22. The van der Waals surface area contributed by atoms with E-state index in [0.29, 0.717) is 29.0 Å². The van der Waals surface area contributed by atoms with E-state index in [9.17, 15) is 0 Å². The van der Waals surface area contributed by atoms with E-state index in [1.54, 1.807) is 17.1 Å². The Morgan fingerprint density at radius 1 is 0.871 bits per heavy atom. The summed E-state index contributed by atoms with van der Waals surface area (Å²) >= 11 is 6.02. The first kappa shape index (κ1) is 19.0. The Balaban J connectivity index is 1.56. The molecule has 0 amide bonds. The number of benzene rings is 2. The molecule has 152 valence electrons. The summed E-state index contributed by atoms with van der Waals surface area (Å²) < 4.78 is 1.80. The van der Waals surface area contributed by atoms with Gasteiger partial charge in [0.1, 0.15) is 5.82 Å². The highest BCUT2D eigenvalue weighted by molar-refractivity contribution is 6.30. The predicted molar refractivity (Wildman–Crippen MR) is 123 cm³/mol. The molecule has 5 rings (SSSR count). The van der Waals surface area contributed by atoms with Crippen LogP contribution in [0.15, 0.2) is 85.3 Å². The molecule has 0 aliphatic carbocycles. The highest BCUT2D eigenvalue weighted by atomic mass is 35.5. The lowest BCUT2D eigenvalue weighted by Crippen LogP contribution is -2.07. The first-order valence-corrected chi connectivity index (χ1v) is 10.1. The zero-order valence-electron chi connectivity index (χ0n) is 16.4. The molecule has 31 heavy (non-hydrogen) atoms. The van der Waals surface area contributed by atoms with Crippen molar-refractivity contribution >= 4 is 40.1 Å². The zero-order valence-corrected chi connectivity index (χ0v) is 17.2. The van der Waals surface area contributed by atoms with Gasteiger partial charge < -0.3 is 10.6 Å². The van der Waals surface area contributed by atoms with Gasteiger partial charge in [-0.05, 0) is 48.0 Å². The normalized spacial score (nSPS) is 10.9. The number of nitrogens with zero attached hydrogens (tertiary/aromatic N) is 5. The maximum absolute atomic E-state index is 6.02. The van der Waals surface area contributed by atoms with Gasteiger partial charge in [0.15, 0.2) is 5.65 Å². The largest absolute Gasteiger partial charge is 0.350 e. The third-order valence-corrected chi connectivity index (χ3v) is 4.96. The third kappa shape index (κ3) is 4.17. The Hall–Kier alpha value is -3.97. The van der Waals surface area contributed by atoms with Gasteiger partial charge in [-0.25, -0.2) is 4.68 Å². The molecule has 3 aromatic heterocycles. The summed E-state index contributed by atoms with van der Waals surface area (Å²) in [5, 5.41) is 12.7. The molecule has 3 heterocycles. The summed E-state index contributed by atoms with van der Waals surface area (Å²) in [7, 11) is 0. The van der Waals surface area contributed by atoms with Gasteiger partial charge in [0, 0.05) is 29.6 Å². The van der Waals surface area contributed by atoms with Crippen LogP contribution in [-0.2, 0) is 6.54 Å². The maximum atomic E-state index is 6.02. The molecule has 0 aliphatic heterocycles. The van der Waals surface area contributed by atoms with Crippen LogP contribution in [0.25, 0.3) is 16.7 Å². The minimum Gasteiger partial charge on any atom is -0.350 e. The van der Waals surface area contributed by atoms with E-state index in [4.69, 9.17) is 21.6 Å². The lowest BCUT2D eigenvalue weighted by molar-refractivity contribution is 0.894. The molecule has 5 aromatic rings. The molecule has 0 spiro atoms. The van der Waals surface area contributed by atoms with E-state index in [2.05, 4.69) is 20.7 Å². The topological polar surface area (TPSA) is 80.6 Å². The molecular formula is C23H18ClN7. The van der Waals surface area contributed by atoms with Gasteiger partial charge in [0.05, 0.1) is 17.3 Å². The van der Waals surface area contributed by atoms with E-state index in [0.717, 1.165) is 22.3 Å². The van der Waals surface area contributed by atoms with Crippen LogP contribution in [0, 0.1) is 0 Å². The van der Waals surface area contributed by atoms with Crippen molar-refractivity contribution < 1.29 is 0 Å². The van der Waals surface area contributed by atoms with Crippen molar-refractivity contribution in [2.24, 2.45) is 0 Å². The van der Waals surface area contributed by atoms with Crippen LogP contribution in [-0.4, -0.2) is 24.7 Å². The Morgan fingerprint density at radius 2 is 1.71 bits per heavy atom. The number of para-hydroxylation sites is 1. The van der Waals surface area contributed by atoms with E-state index < -0.39 is 0 Å². The summed E-state index contributed by atoms with van der Waals surface area (Å²) in [5.74, 6) is 1.15. The Bertz CT molecular complexity index is 1300. The van der Waals surface area contributed by atoms with Crippen LogP contribution >= 0.6 is 11.6 Å². The van der Waals surface area contributed by atoms with Crippen LogP contribution in [0.5, 0.6) is 0 Å². The van der Waals surface area contributed by atoms with Crippen molar-refractivity contribution in [2.75, 3.05) is 10.6 Å². The van der Waals surface area contributed by atoms with E-state index in [1.807, 2.05) is 72.9 Å². The van der Waals surface area contributed by atoms with Crippen LogP contribution in [0.1, 0.15) is 5.56 Å². The summed E-state index contributed by atoms with van der Waals surface area (Å²) in [5.41, 5.74) is 3.53. The first-order valence-electron chi connectivity index (χ1n) is 9.73. The highest BCUT2D eigenvalue weighted by Gasteiger charge is 2.14. The molecule has 0 radical (unpaired) electrons. The molecule has 0 saturated carbocycles. The minimum absolute atomic E-state index is 0.491. The van der Waals surface area contributed by atoms with Gasteiger partial charge in [-0.15, -0.1) is 0 Å². The van der Waals surface area contributed by atoms with E-state index in [1.165, 1.54) is 0 Å². The number of hydrogen-bond donors (Lipinski definition) is 2. The standard InChI is InChI=1S/C23H18ClN7/c24-17-8-10-18(11-9-17)28-21-20-15-27-31(19-6-2-1-3-7-19)22(20)30-23(29-21)26-14-16-5-4-12-25-13-16/h1-13,15H,14H2,(H2,26,28,29,30). The second kappa shape index (κ2) is 8.41. The van der Waals surface area contributed by atoms with Crippen molar-refractivity contribution in [2.45, 2.75) is 6.54 Å². The number of anilines is 3. The van der Waals surface area contributed by atoms with Crippen molar-refractivity contribution in [1.82, 2.24) is 24.7 Å². The fourth-order valence-electron chi connectivity index (χ4n) is 3.19. The maximum Gasteiger partial charge on any atom is 0.227 e. The van der Waals surface area contributed by atoms with Crippen molar-refractivity contribution in [1.29, 1.82) is 0 Å². The number of pyridine rings is 1. The Labute approximate surface area is 183 Å². The monoisotopic (exact) mass is 427 g/mol. The third-order valence-electron chi connectivity index (χ3n) is 4.71. The molecule has 2 N–H and O–H groups in total. The van der Waals surface area contributed by atoms with Crippen molar-refractivity contribution in [3.63, 3.8) is 0 Å². The second-order valence-electron chi connectivity index (χ2n) is 6.87. The second-order valence-corrected chi connectivity index (χ2v) is 7.31. The molecule has 8 heteroatoms. The van der Waals surface area contributed by atoms with Crippen LogP contribution in [0.4, 0.5) is 17.5 Å².